The largest absolute Gasteiger partial charge is 0.393 e. The minimum absolute atomic E-state index is 0.113. The molecule has 0 spiro atoms. The highest BCUT2D eigenvalue weighted by Gasteiger charge is 2.00. The van der Waals surface area contributed by atoms with E-state index in [1.165, 1.54) is 64.2 Å². The maximum Gasteiger partial charge on any atom is 0.0574 e. The second kappa shape index (κ2) is 14.8. The number of hydrogen-bond acceptors (Lipinski definition) is 1. The van der Waals surface area contributed by atoms with Gasteiger partial charge in [-0.1, -0.05) is 77.4 Å². The van der Waals surface area contributed by atoms with Gasteiger partial charge in [0.2, 0.25) is 0 Å². The second-order valence-corrected chi connectivity index (χ2v) is 5.41. The zero-order valence-electron chi connectivity index (χ0n) is 12.7. The van der Waals surface area contributed by atoms with Gasteiger partial charge in [0.25, 0.3) is 0 Å². The Balaban J connectivity index is 3.23. The number of unbranched alkanes of at least 4 members (excludes halogenated alkanes) is 8. The summed E-state index contributed by atoms with van der Waals surface area (Å²) in [6.07, 6.45) is 19.1. The molecule has 0 aromatic heterocycles. The molecule has 1 heteroatoms. The van der Waals surface area contributed by atoms with Crippen molar-refractivity contribution in [1.29, 1.82) is 0 Å². The van der Waals surface area contributed by atoms with Crippen molar-refractivity contribution < 1.29 is 5.11 Å². The standard InChI is InChI=1S/C17H34O/c1-3-5-7-9-10-11-12-14-16-17(18)15-13-8-6-4-2/h12,14,17-18H,3-11,13,15-16H2,1-2H3/b14-12-. The van der Waals surface area contributed by atoms with Gasteiger partial charge in [-0.15, -0.1) is 0 Å². The Labute approximate surface area is 115 Å². The Morgan fingerprint density at radius 1 is 0.778 bits per heavy atom. The highest BCUT2D eigenvalue weighted by molar-refractivity contribution is 4.83. The van der Waals surface area contributed by atoms with E-state index in [4.69, 9.17) is 0 Å². The third-order valence-corrected chi connectivity index (χ3v) is 3.44. The number of rotatable bonds is 13. The van der Waals surface area contributed by atoms with Crippen LogP contribution in [0.25, 0.3) is 0 Å². The summed E-state index contributed by atoms with van der Waals surface area (Å²) in [5.41, 5.74) is 0. The van der Waals surface area contributed by atoms with Crippen LogP contribution in [-0.4, -0.2) is 11.2 Å². The Morgan fingerprint density at radius 2 is 1.39 bits per heavy atom. The Morgan fingerprint density at radius 3 is 2.06 bits per heavy atom. The van der Waals surface area contributed by atoms with E-state index in [2.05, 4.69) is 26.0 Å². The average molecular weight is 254 g/mol. The fourth-order valence-electron chi connectivity index (χ4n) is 2.16. The molecule has 0 aliphatic heterocycles. The van der Waals surface area contributed by atoms with E-state index in [-0.39, 0.29) is 6.10 Å². The topological polar surface area (TPSA) is 20.2 Å². The highest BCUT2D eigenvalue weighted by atomic mass is 16.3. The number of hydrogen-bond donors (Lipinski definition) is 1. The zero-order chi connectivity index (χ0) is 13.5. The van der Waals surface area contributed by atoms with Crippen molar-refractivity contribution in [1.82, 2.24) is 0 Å². The first kappa shape index (κ1) is 17.7. The summed E-state index contributed by atoms with van der Waals surface area (Å²) in [7, 11) is 0. The summed E-state index contributed by atoms with van der Waals surface area (Å²) in [5.74, 6) is 0. The molecular formula is C17H34O. The Bertz CT molecular complexity index is 174. The smallest absolute Gasteiger partial charge is 0.0574 e. The van der Waals surface area contributed by atoms with Crippen molar-refractivity contribution in [2.75, 3.05) is 0 Å². The summed E-state index contributed by atoms with van der Waals surface area (Å²) >= 11 is 0. The fraction of sp³-hybridized carbons (Fsp3) is 0.882. The van der Waals surface area contributed by atoms with Crippen molar-refractivity contribution in [3.8, 4) is 0 Å². The van der Waals surface area contributed by atoms with Crippen molar-refractivity contribution in [3.63, 3.8) is 0 Å². The van der Waals surface area contributed by atoms with Gasteiger partial charge in [-0.3, -0.25) is 0 Å². The third kappa shape index (κ3) is 13.8. The number of allylic oxidation sites excluding steroid dienone is 1. The Hall–Kier alpha value is -0.300. The lowest BCUT2D eigenvalue weighted by Gasteiger charge is -2.06. The van der Waals surface area contributed by atoms with Gasteiger partial charge in [0.05, 0.1) is 6.10 Å². The molecule has 0 bridgehead atoms. The zero-order valence-corrected chi connectivity index (χ0v) is 12.7. The van der Waals surface area contributed by atoms with Gasteiger partial charge in [-0.2, -0.15) is 0 Å². The van der Waals surface area contributed by atoms with Gasteiger partial charge < -0.3 is 5.11 Å². The molecule has 0 rings (SSSR count). The van der Waals surface area contributed by atoms with Gasteiger partial charge in [0.15, 0.2) is 0 Å². The summed E-state index contributed by atoms with van der Waals surface area (Å²) in [6, 6.07) is 0. The molecule has 1 atom stereocenters. The maximum atomic E-state index is 9.77. The van der Waals surface area contributed by atoms with Gasteiger partial charge in [-0.05, 0) is 25.7 Å². The fourth-order valence-corrected chi connectivity index (χ4v) is 2.16. The van der Waals surface area contributed by atoms with Crippen LogP contribution in [0.1, 0.15) is 90.9 Å². The van der Waals surface area contributed by atoms with Crippen molar-refractivity contribution in [2.45, 2.75) is 97.0 Å². The molecule has 18 heavy (non-hydrogen) atoms. The minimum Gasteiger partial charge on any atom is -0.393 e. The van der Waals surface area contributed by atoms with E-state index in [0.717, 1.165) is 12.8 Å². The van der Waals surface area contributed by atoms with Crippen LogP contribution in [0.2, 0.25) is 0 Å². The molecule has 0 amide bonds. The molecule has 0 aliphatic rings. The molecular weight excluding hydrogens is 220 g/mol. The van der Waals surface area contributed by atoms with Gasteiger partial charge in [0, 0.05) is 0 Å². The molecule has 108 valence electrons. The molecule has 0 aromatic rings. The van der Waals surface area contributed by atoms with Gasteiger partial charge in [-0.25, -0.2) is 0 Å². The average Bonchev–Trinajstić information content (AvgIpc) is 2.38. The lowest BCUT2D eigenvalue weighted by molar-refractivity contribution is 0.163. The normalized spacial score (nSPS) is 13.3. The van der Waals surface area contributed by atoms with Crippen molar-refractivity contribution in [3.05, 3.63) is 12.2 Å². The molecule has 0 saturated carbocycles. The first-order chi connectivity index (χ1) is 8.81. The Kier molecular flexibility index (Phi) is 14.5. The van der Waals surface area contributed by atoms with Gasteiger partial charge >= 0.3 is 0 Å². The molecule has 0 radical (unpaired) electrons. The quantitative estimate of drug-likeness (QED) is 0.334. The third-order valence-electron chi connectivity index (χ3n) is 3.44. The van der Waals surface area contributed by atoms with E-state index in [0.29, 0.717) is 0 Å². The molecule has 0 aromatic carbocycles. The first-order valence-corrected chi connectivity index (χ1v) is 8.14. The highest BCUT2D eigenvalue weighted by Crippen LogP contribution is 2.09. The number of aliphatic hydroxyl groups excluding tert-OH is 1. The van der Waals surface area contributed by atoms with Crippen LogP contribution in [-0.2, 0) is 0 Å². The van der Waals surface area contributed by atoms with Crippen molar-refractivity contribution >= 4 is 0 Å². The summed E-state index contributed by atoms with van der Waals surface area (Å²) in [6.45, 7) is 4.47. The molecule has 0 saturated heterocycles. The van der Waals surface area contributed by atoms with E-state index in [1.54, 1.807) is 0 Å². The predicted octanol–water partition coefficient (Wildman–Crippen LogP) is 5.62. The maximum absolute atomic E-state index is 9.77. The van der Waals surface area contributed by atoms with Crippen LogP contribution in [0.3, 0.4) is 0 Å². The van der Waals surface area contributed by atoms with E-state index in [1.807, 2.05) is 0 Å². The lowest BCUT2D eigenvalue weighted by atomic mass is 10.1. The van der Waals surface area contributed by atoms with E-state index in [9.17, 15) is 5.11 Å². The SMILES string of the molecule is CCCCCCC/C=C\CC(O)CCCCCC. The molecule has 0 heterocycles. The van der Waals surface area contributed by atoms with Crippen LogP contribution in [0.4, 0.5) is 0 Å². The summed E-state index contributed by atoms with van der Waals surface area (Å²) in [5, 5.41) is 9.77. The summed E-state index contributed by atoms with van der Waals surface area (Å²) in [4.78, 5) is 0. The monoisotopic (exact) mass is 254 g/mol. The molecule has 0 fully saturated rings. The molecule has 1 nitrogen and oxygen atoms in total. The van der Waals surface area contributed by atoms with E-state index >= 15 is 0 Å². The first-order valence-electron chi connectivity index (χ1n) is 8.14. The molecule has 1 N–H and O–H groups in total. The van der Waals surface area contributed by atoms with Crippen LogP contribution in [0.15, 0.2) is 12.2 Å². The van der Waals surface area contributed by atoms with Gasteiger partial charge in [0.1, 0.15) is 0 Å². The molecule has 0 aliphatic carbocycles. The number of aliphatic hydroxyl groups is 1. The van der Waals surface area contributed by atoms with Crippen LogP contribution in [0, 0.1) is 0 Å². The predicted molar refractivity (Wildman–Crippen MR) is 81.9 cm³/mol. The second-order valence-electron chi connectivity index (χ2n) is 5.41. The van der Waals surface area contributed by atoms with E-state index < -0.39 is 0 Å². The van der Waals surface area contributed by atoms with Crippen molar-refractivity contribution in [2.24, 2.45) is 0 Å². The van der Waals surface area contributed by atoms with Crippen LogP contribution >= 0.6 is 0 Å². The molecule has 1 unspecified atom stereocenters. The van der Waals surface area contributed by atoms with Crippen LogP contribution < -0.4 is 0 Å². The minimum atomic E-state index is -0.113. The van der Waals surface area contributed by atoms with Crippen LogP contribution in [0.5, 0.6) is 0 Å². The lowest BCUT2D eigenvalue weighted by Crippen LogP contribution is -2.04. The summed E-state index contributed by atoms with van der Waals surface area (Å²) < 4.78 is 0.